The van der Waals surface area contributed by atoms with Crippen molar-refractivity contribution in [3.8, 4) is 0 Å². The average Bonchev–Trinajstić information content (AvgIpc) is 3.03. The van der Waals surface area contributed by atoms with E-state index in [1.165, 1.54) is 16.9 Å². The molecule has 26 heavy (non-hydrogen) atoms. The van der Waals surface area contributed by atoms with Gasteiger partial charge in [-0.15, -0.1) is 11.3 Å². The number of aliphatic hydroxyl groups excluding tert-OH is 2. The molecule has 1 unspecified atom stereocenters. The maximum atomic E-state index is 14.6. The second kappa shape index (κ2) is 8.73. The van der Waals surface area contributed by atoms with Gasteiger partial charge in [0, 0.05) is 28.8 Å². The molecule has 3 atom stereocenters. The number of rotatable bonds is 6. The predicted octanol–water partition coefficient (Wildman–Crippen LogP) is 4.31. The molecule has 3 nitrogen and oxygen atoms in total. The highest BCUT2D eigenvalue weighted by Gasteiger charge is 2.27. The summed E-state index contributed by atoms with van der Waals surface area (Å²) in [5.74, 6) is -0.360. The van der Waals surface area contributed by atoms with Crippen LogP contribution in [0.15, 0.2) is 66.5 Å². The standard InChI is InChI=1S/C21H23FO3S/c1-2-5-20(22)15(8-17-11-16(24)12-18(13-23)25-17)10-19-9-14-6-3-4-7-21(14)26-19/h2-9,16-18,23-24H,1,10-13H2/b15-8-,20-5+/t16-,17?,18+/m1/s1. The molecule has 2 aromatic rings. The van der Waals surface area contributed by atoms with Crippen molar-refractivity contribution in [1.82, 2.24) is 0 Å². The Kier molecular flexibility index (Phi) is 6.38. The number of hydrogen-bond donors (Lipinski definition) is 2. The van der Waals surface area contributed by atoms with Crippen molar-refractivity contribution in [3.63, 3.8) is 0 Å². The van der Waals surface area contributed by atoms with E-state index in [1.54, 1.807) is 17.4 Å². The minimum absolute atomic E-state index is 0.155. The second-order valence-corrected chi connectivity index (χ2v) is 7.64. The van der Waals surface area contributed by atoms with Crippen LogP contribution < -0.4 is 0 Å². The van der Waals surface area contributed by atoms with E-state index in [0.717, 1.165) is 10.3 Å². The summed E-state index contributed by atoms with van der Waals surface area (Å²) >= 11 is 1.64. The smallest absolute Gasteiger partial charge is 0.126 e. The third-order valence-corrected chi connectivity index (χ3v) is 5.53. The maximum absolute atomic E-state index is 14.6. The summed E-state index contributed by atoms with van der Waals surface area (Å²) in [6, 6.07) is 10.1. The lowest BCUT2D eigenvalue weighted by Crippen LogP contribution is -2.36. The van der Waals surface area contributed by atoms with Crippen LogP contribution >= 0.6 is 11.3 Å². The molecule has 1 aromatic heterocycles. The minimum Gasteiger partial charge on any atom is -0.394 e. The molecular weight excluding hydrogens is 351 g/mol. The third-order valence-electron chi connectivity index (χ3n) is 4.41. The highest BCUT2D eigenvalue weighted by molar-refractivity contribution is 7.19. The number of allylic oxidation sites excluding steroid dienone is 4. The van der Waals surface area contributed by atoms with Gasteiger partial charge in [-0.3, -0.25) is 0 Å². The monoisotopic (exact) mass is 374 g/mol. The van der Waals surface area contributed by atoms with Gasteiger partial charge < -0.3 is 14.9 Å². The van der Waals surface area contributed by atoms with E-state index < -0.39 is 18.3 Å². The number of halogens is 1. The zero-order chi connectivity index (χ0) is 18.5. The fourth-order valence-corrected chi connectivity index (χ4v) is 4.31. The Balaban J connectivity index is 1.87. The molecule has 0 spiro atoms. The first-order chi connectivity index (χ1) is 12.6. The van der Waals surface area contributed by atoms with Crippen LogP contribution in [0.25, 0.3) is 10.1 Å². The molecule has 1 aliphatic rings. The van der Waals surface area contributed by atoms with Gasteiger partial charge in [0.2, 0.25) is 0 Å². The molecule has 0 bridgehead atoms. The molecule has 0 amide bonds. The Labute approximate surface area is 156 Å². The number of thiophene rings is 1. The molecule has 5 heteroatoms. The van der Waals surface area contributed by atoms with E-state index in [-0.39, 0.29) is 12.4 Å². The number of fused-ring (bicyclic) bond motifs is 1. The molecule has 138 valence electrons. The molecule has 2 heterocycles. The van der Waals surface area contributed by atoms with Crippen LogP contribution in [0, 0.1) is 0 Å². The number of benzene rings is 1. The van der Waals surface area contributed by atoms with Gasteiger partial charge in [0.25, 0.3) is 0 Å². The Bertz CT molecular complexity index is 791. The highest BCUT2D eigenvalue weighted by Crippen LogP contribution is 2.30. The van der Waals surface area contributed by atoms with Crippen molar-refractivity contribution in [2.75, 3.05) is 6.61 Å². The van der Waals surface area contributed by atoms with E-state index >= 15 is 0 Å². The van der Waals surface area contributed by atoms with Gasteiger partial charge in [-0.25, -0.2) is 4.39 Å². The lowest BCUT2D eigenvalue weighted by atomic mass is 9.98. The van der Waals surface area contributed by atoms with Crippen LogP contribution in [0.4, 0.5) is 4.39 Å². The van der Waals surface area contributed by atoms with E-state index in [1.807, 2.05) is 18.2 Å². The summed E-state index contributed by atoms with van der Waals surface area (Å²) < 4.78 is 21.5. The van der Waals surface area contributed by atoms with Crippen LogP contribution in [0.3, 0.4) is 0 Å². The summed E-state index contributed by atoms with van der Waals surface area (Å²) in [5.41, 5.74) is 0.507. The number of hydrogen-bond acceptors (Lipinski definition) is 4. The average molecular weight is 374 g/mol. The molecule has 0 radical (unpaired) electrons. The molecule has 1 aromatic carbocycles. The van der Waals surface area contributed by atoms with Crippen molar-refractivity contribution in [3.05, 3.63) is 71.4 Å². The molecular formula is C21H23FO3S. The van der Waals surface area contributed by atoms with Gasteiger partial charge >= 0.3 is 0 Å². The number of ether oxygens (including phenoxy) is 1. The first kappa shape index (κ1) is 19.0. The topological polar surface area (TPSA) is 49.7 Å². The molecule has 1 saturated heterocycles. The van der Waals surface area contributed by atoms with Gasteiger partial charge in [0.15, 0.2) is 0 Å². The van der Waals surface area contributed by atoms with Crippen molar-refractivity contribution in [2.24, 2.45) is 0 Å². The first-order valence-corrected chi connectivity index (χ1v) is 9.51. The lowest BCUT2D eigenvalue weighted by Gasteiger charge is -2.31. The lowest BCUT2D eigenvalue weighted by molar-refractivity contribution is -0.0937. The van der Waals surface area contributed by atoms with Crippen molar-refractivity contribution >= 4 is 21.4 Å². The van der Waals surface area contributed by atoms with Crippen LogP contribution in [0.1, 0.15) is 17.7 Å². The fraction of sp³-hybridized carbons (Fsp3) is 0.333. The van der Waals surface area contributed by atoms with Crippen molar-refractivity contribution < 1.29 is 19.3 Å². The predicted molar refractivity (Wildman–Crippen MR) is 104 cm³/mol. The zero-order valence-corrected chi connectivity index (χ0v) is 15.3. The van der Waals surface area contributed by atoms with Crippen LogP contribution in [0.2, 0.25) is 0 Å². The second-order valence-electron chi connectivity index (χ2n) is 6.47. The number of aliphatic hydroxyl groups is 2. The van der Waals surface area contributed by atoms with E-state index in [9.17, 15) is 14.6 Å². The van der Waals surface area contributed by atoms with Crippen molar-refractivity contribution in [1.29, 1.82) is 0 Å². The largest absolute Gasteiger partial charge is 0.394 e. The summed E-state index contributed by atoms with van der Waals surface area (Å²) in [7, 11) is 0. The highest BCUT2D eigenvalue weighted by atomic mass is 32.1. The van der Waals surface area contributed by atoms with Gasteiger partial charge in [0.05, 0.1) is 24.9 Å². The maximum Gasteiger partial charge on any atom is 0.126 e. The molecule has 0 aliphatic carbocycles. The fourth-order valence-electron chi connectivity index (χ4n) is 3.22. The summed E-state index contributed by atoms with van der Waals surface area (Å²) in [6.07, 6.45) is 4.31. The zero-order valence-electron chi connectivity index (χ0n) is 14.5. The SMILES string of the molecule is C=C/C=C(F)\C(=C/C1C[C@@H](O)C[C@@H](CO)O1)Cc1cc2ccccc2s1. The normalized spacial score (nSPS) is 24.8. The Hall–Kier alpha value is -1.79. The summed E-state index contributed by atoms with van der Waals surface area (Å²) in [4.78, 5) is 1.06. The van der Waals surface area contributed by atoms with Crippen LogP contribution in [0.5, 0.6) is 0 Å². The molecule has 3 rings (SSSR count). The van der Waals surface area contributed by atoms with Crippen LogP contribution in [-0.2, 0) is 11.2 Å². The summed E-state index contributed by atoms with van der Waals surface area (Å²) in [5, 5.41) is 20.4. The third kappa shape index (κ3) is 4.68. The molecule has 2 N–H and O–H groups in total. The molecule has 1 aliphatic heterocycles. The Morgan fingerprint density at radius 1 is 1.35 bits per heavy atom. The van der Waals surface area contributed by atoms with Gasteiger partial charge in [0.1, 0.15) is 5.83 Å². The molecule has 1 fully saturated rings. The minimum atomic E-state index is -0.556. The van der Waals surface area contributed by atoms with Gasteiger partial charge in [-0.05, 0) is 35.2 Å². The van der Waals surface area contributed by atoms with E-state index in [2.05, 4.69) is 18.7 Å². The van der Waals surface area contributed by atoms with Gasteiger partial charge in [-0.2, -0.15) is 0 Å². The quantitative estimate of drug-likeness (QED) is 0.741. The molecule has 0 saturated carbocycles. The Morgan fingerprint density at radius 3 is 2.88 bits per heavy atom. The van der Waals surface area contributed by atoms with E-state index in [0.29, 0.717) is 24.8 Å². The first-order valence-electron chi connectivity index (χ1n) is 8.70. The van der Waals surface area contributed by atoms with Gasteiger partial charge in [-0.1, -0.05) is 30.9 Å². The van der Waals surface area contributed by atoms with Crippen LogP contribution in [-0.4, -0.2) is 35.1 Å². The Morgan fingerprint density at radius 2 is 2.15 bits per heavy atom. The summed E-state index contributed by atoms with van der Waals surface area (Å²) in [6.45, 7) is 3.41. The van der Waals surface area contributed by atoms with E-state index in [4.69, 9.17) is 4.74 Å². The van der Waals surface area contributed by atoms with Crippen molar-refractivity contribution in [2.45, 2.75) is 37.6 Å².